The second-order valence-electron chi connectivity index (χ2n) is 5.99. The van der Waals surface area contributed by atoms with Crippen LogP contribution in [0.15, 0.2) is 48.2 Å². The van der Waals surface area contributed by atoms with Crippen molar-refractivity contribution in [3.05, 3.63) is 59.3 Å². The molecular weight excluding hydrogens is 377 g/mol. The molecule has 0 fully saturated rings. The minimum atomic E-state index is -4.65. The maximum atomic E-state index is 13.5. The third kappa shape index (κ3) is 4.53. The molecule has 2 rings (SSSR count). The largest absolute Gasteiger partial charge is 0.460 e. The van der Waals surface area contributed by atoms with Gasteiger partial charge in [0.15, 0.2) is 0 Å². The third-order valence-corrected chi connectivity index (χ3v) is 4.23. The zero-order valence-electron chi connectivity index (χ0n) is 15.5. The van der Waals surface area contributed by atoms with E-state index in [1.54, 1.807) is 0 Å². The number of allylic oxidation sites excluding steroid dienone is 1. The van der Waals surface area contributed by atoms with Gasteiger partial charge in [-0.3, -0.25) is 4.90 Å². The summed E-state index contributed by atoms with van der Waals surface area (Å²) in [6, 6.07) is 2.85. The number of carbonyl (C=O) groups is 2. The molecule has 1 aliphatic rings. The minimum Gasteiger partial charge on any atom is -0.460 e. The number of alkyl halides is 3. The Morgan fingerprint density at radius 2 is 2.00 bits per heavy atom. The summed E-state index contributed by atoms with van der Waals surface area (Å²) in [5.41, 5.74) is -1.05. The molecule has 28 heavy (non-hydrogen) atoms. The summed E-state index contributed by atoms with van der Waals surface area (Å²) < 4.78 is 50.4. The first-order valence-corrected chi connectivity index (χ1v) is 8.44. The van der Waals surface area contributed by atoms with Gasteiger partial charge in [-0.2, -0.15) is 13.2 Å². The first kappa shape index (κ1) is 21.5. The molecule has 0 spiro atoms. The van der Waals surface area contributed by atoms with Gasteiger partial charge in [-0.1, -0.05) is 24.3 Å². The molecule has 1 aliphatic heterocycles. The molecule has 152 valence electrons. The number of esters is 1. The van der Waals surface area contributed by atoms with E-state index >= 15 is 0 Å². The molecular formula is C19H21F3N2O4. The molecule has 1 aromatic rings. The average Bonchev–Trinajstić information content (AvgIpc) is 2.64. The molecule has 0 saturated heterocycles. The van der Waals surface area contributed by atoms with Crippen molar-refractivity contribution >= 4 is 12.0 Å². The highest BCUT2D eigenvalue weighted by atomic mass is 19.4. The van der Waals surface area contributed by atoms with Crippen LogP contribution in [-0.2, 0) is 20.4 Å². The minimum absolute atomic E-state index is 0.0743. The molecule has 2 amide bonds. The normalized spacial score (nSPS) is 17.4. The van der Waals surface area contributed by atoms with Gasteiger partial charge in [0.2, 0.25) is 0 Å². The van der Waals surface area contributed by atoms with Crippen molar-refractivity contribution in [2.24, 2.45) is 0 Å². The van der Waals surface area contributed by atoms with Crippen LogP contribution in [0.5, 0.6) is 0 Å². The van der Waals surface area contributed by atoms with Crippen LogP contribution >= 0.6 is 0 Å². The zero-order valence-corrected chi connectivity index (χ0v) is 15.5. The molecule has 1 N–H and O–H groups in total. The quantitative estimate of drug-likeness (QED) is 0.434. The molecule has 0 bridgehead atoms. The fraction of sp³-hybridized carbons (Fsp3) is 0.368. The zero-order chi connectivity index (χ0) is 20.9. The number of ether oxygens (including phenoxy) is 2. The Labute approximate surface area is 160 Å². The van der Waals surface area contributed by atoms with Gasteiger partial charge in [0.25, 0.3) is 0 Å². The highest BCUT2D eigenvalue weighted by Gasteiger charge is 2.41. The number of hydrogen-bond donors (Lipinski definition) is 1. The topological polar surface area (TPSA) is 67.9 Å². The van der Waals surface area contributed by atoms with Gasteiger partial charge in [0, 0.05) is 19.4 Å². The van der Waals surface area contributed by atoms with Crippen LogP contribution in [0.2, 0.25) is 0 Å². The van der Waals surface area contributed by atoms with Crippen LogP contribution in [0, 0.1) is 0 Å². The fourth-order valence-corrected chi connectivity index (χ4v) is 2.93. The number of rotatable bonds is 7. The van der Waals surface area contributed by atoms with E-state index in [9.17, 15) is 22.8 Å². The van der Waals surface area contributed by atoms with Gasteiger partial charge >= 0.3 is 18.2 Å². The molecule has 1 aromatic carbocycles. The van der Waals surface area contributed by atoms with E-state index in [0.717, 1.165) is 6.07 Å². The molecule has 1 heterocycles. The predicted molar refractivity (Wildman–Crippen MR) is 95.2 cm³/mol. The number of nitrogens with one attached hydrogen (secondary N) is 1. The van der Waals surface area contributed by atoms with Gasteiger partial charge < -0.3 is 14.8 Å². The van der Waals surface area contributed by atoms with Crippen LogP contribution in [-0.4, -0.2) is 43.8 Å². The average molecular weight is 398 g/mol. The second-order valence-corrected chi connectivity index (χ2v) is 5.99. The Morgan fingerprint density at radius 3 is 2.61 bits per heavy atom. The van der Waals surface area contributed by atoms with E-state index in [-0.39, 0.29) is 36.6 Å². The maximum absolute atomic E-state index is 13.5. The standard InChI is InChI=1S/C19H21F3N2O4/c1-4-9-24-12(2)15(17(25)28-11-10-27-3)16(23-18(24)26)13-7-5-6-8-14(13)19(20,21)22/h4-8,16H,1,9-11H2,2-3H3,(H,23,26). The lowest BCUT2D eigenvalue weighted by Gasteiger charge is -2.35. The third-order valence-electron chi connectivity index (χ3n) is 4.23. The number of benzene rings is 1. The Bertz CT molecular complexity index is 790. The summed E-state index contributed by atoms with van der Waals surface area (Å²) >= 11 is 0. The van der Waals surface area contributed by atoms with E-state index in [1.807, 2.05) is 0 Å². The van der Waals surface area contributed by atoms with Gasteiger partial charge in [0.05, 0.1) is 23.8 Å². The first-order chi connectivity index (χ1) is 13.2. The summed E-state index contributed by atoms with van der Waals surface area (Å²) in [6.07, 6.45) is -3.21. The van der Waals surface area contributed by atoms with Crippen molar-refractivity contribution < 1.29 is 32.2 Å². The number of urea groups is 1. The SMILES string of the molecule is C=CCN1C(=O)NC(c2ccccc2C(F)(F)F)C(C(=O)OCCOC)=C1C. The second kappa shape index (κ2) is 8.92. The molecule has 1 atom stereocenters. The lowest BCUT2D eigenvalue weighted by molar-refractivity contribution is -0.142. The predicted octanol–water partition coefficient (Wildman–Crippen LogP) is 3.42. The molecule has 0 radical (unpaired) electrons. The van der Waals surface area contributed by atoms with Crippen molar-refractivity contribution in [1.29, 1.82) is 0 Å². The number of nitrogens with zero attached hydrogens (tertiary/aromatic N) is 1. The number of carbonyl (C=O) groups excluding carboxylic acids is 2. The lowest BCUT2D eigenvalue weighted by atomic mass is 9.91. The van der Waals surface area contributed by atoms with Crippen LogP contribution in [0.25, 0.3) is 0 Å². The van der Waals surface area contributed by atoms with Crippen molar-refractivity contribution in [3.63, 3.8) is 0 Å². The molecule has 9 heteroatoms. The van der Waals surface area contributed by atoms with Gasteiger partial charge in [-0.05, 0) is 18.6 Å². The maximum Gasteiger partial charge on any atom is 0.416 e. The van der Waals surface area contributed by atoms with E-state index in [2.05, 4.69) is 11.9 Å². The van der Waals surface area contributed by atoms with Gasteiger partial charge in [0.1, 0.15) is 6.61 Å². The Balaban J connectivity index is 2.57. The van der Waals surface area contributed by atoms with E-state index in [0.29, 0.717) is 0 Å². The fourth-order valence-electron chi connectivity index (χ4n) is 2.93. The van der Waals surface area contributed by atoms with Crippen molar-refractivity contribution in [3.8, 4) is 0 Å². The van der Waals surface area contributed by atoms with Crippen molar-refractivity contribution in [1.82, 2.24) is 10.2 Å². The molecule has 0 aliphatic carbocycles. The molecule has 6 nitrogen and oxygen atoms in total. The Morgan fingerprint density at radius 1 is 1.32 bits per heavy atom. The Kier molecular flexibility index (Phi) is 6.85. The van der Waals surface area contributed by atoms with Gasteiger partial charge in [-0.15, -0.1) is 6.58 Å². The summed E-state index contributed by atoms with van der Waals surface area (Å²) in [5, 5.41) is 2.48. The van der Waals surface area contributed by atoms with E-state index in [1.165, 1.54) is 43.2 Å². The highest BCUT2D eigenvalue weighted by molar-refractivity contribution is 5.95. The number of hydrogen-bond acceptors (Lipinski definition) is 4. The summed E-state index contributed by atoms with van der Waals surface area (Å²) in [4.78, 5) is 26.3. The first-order valence-electron chi connectivity index (χ1n) is 8.44. The van der Waals surface area contributed by atoms with Crippen LogP contribution in [0.1, 0.15) is 24.1 Å². The summed E-state index contributed by atoms with van der Waals surface area (Å²) in [6.45, 7) is 5.18. The monoisotopic (exact) mass is 398 g/mol. The van der Waals surface area contributed by atoms with E-state index < -0.39 is 29.8 Å². The molecule has 1 unspecified atom stereocenters. The van der Waals surface area contributed by atoms with Crippen LogP contribution in [0.3, 0.4) is 0 Å². The summed E-state index contributed by atoms with van der Waals surface area (Å²) in [7, 11) is 1.42. The lowest BCUT2D eigenvalue weighted by Crippen LogP contribution is -2.48. The number of amides is 2. The van der Waals surface area contributed by atoms with Gasteiger partial charge in [-0.25, -0.2) is 9.59 Å². The smallest absolute Gasteiger partial charge is 0.416 e. The summed E-state index contributed by atoms with van der Waals surface area (Å²) in [5.74, 6) is -0.828. The van der Waals surface area contributed by atoms with Crippen molar-refractivity contribution in [2.45, 2.75) is 19.1 Å². The molecule has 0 saturated carbocycles. The highest BCUT2D eigenvalue weighted by Crippen LogP contribution is 2.39. The van der Waals surface area contributed by atoms with Crippen molar-refractivity contribution in [2.75, 3.05) is 26.9 Å². The number of halogens is 3. The number of methoxy groups -OCH3 is 1. The Hall–Kier alpha value is -2.81. The molecule has 0 aromatic heterocycles. The van der Waals surface area contributed by atoms with Crippen LogP contribution in [0.4, 0.5) is 18.0 Å². The van der Waals surface area contributed by atoms with E-state index in [4.69, 9.17) is 9.47 Å². The van der Waals surface area contributed by atoms with Crippen LogP contribution < -0.4 is 5.32 Å².